The summed E-state index contributed by atoms with van der Waals surface area (Å²) in [5.41, 5.74) is 29.8. The number of aromatic nitrogens is 2. The zero-order chi connectivity index (χ0) is 48.5. The number of aliphatic hydroxyl groups is 9. The Morgan fingerprint density at radius 2 is 1.41 bits per heavy atom. The van der Waals surface area contributed by atoms with E-state index < -0.39 is 67.9 Å². The topological polar surface area (TPSA) is 386 Å². The van der Waals surface area contributed by atoms with Crippen LogP contribution in [0.5, 0.6) is 0 Å². The van der Waals surface area contributed by atoms with Gasteiger partial charge < -0.3 is 74.2 Å². The van der Waals surface area contributed by atoms with Gasteiger partial charge >= 0.3 is 0 Å². The average molecular weight is 948 g/mol. The molecule has 0 bridgehead atoms. The smallest absolute Gasteiger partial charge is 0.280 e. The molecular formula is C44H67ClN10O11. The summed E-state index contributed by atoms with van der Waals surface area (Å²) in [4.78, 5) is 39.3. The number of anilines is 3. The molecule has 1 heterocycles. The van der Waals surface area contributed by atoms with Gasteiger partial charge in [0.2, 0.25) is 5.91 Å². The highest BCUT2D eigenvalue weighted by Gasteiger charge is 2.32. The van der Waals surface area contributed by atoms with Gasteiger partial charge in [-0.05, 0) is 111 Å². The van der Waals surface area contributed by atoms with Crippen molar-refractivity contribution in [2.75, 3.05) is 56.2 Å². The first-order valence-corrected chi connectivity index (χ1v) is 22.5. The van der Waals surface area contributed by atoms with Crippen molar-refractivity contribution in [2.24, 2.45) is 16.5 Å². The number of nitrogen functional groups attached to an aromatic ring is 2. The van der Waals surface area contributed by atoms with Crippen LogP contribution >= 0.6 is 11.6 Å². The van der Waals surface area contributed by atoms with Crippen LogP contribution in [-0.4, -0.2) is 167 Å². The number of hydrogen-bond acceptors (Lipinski definition) is 18. The second-order valence-corrected chi connectivity index (χ2v) is 17.1. The van der Waals surface area contributed by atoms with Crippen LogP contribution in [0.2, 0.25) is 5.15 Å². The molecule has 0 aliphatic heterocycles. The maximum Gasteiger partial charge on any atom is 0.280 e. The number of fused-ring (bicyclic) bond motifs is 1. The summed E-state index contributed by atoms with van der Waals surface area (Å²) in [6, 6.07) is 10.6. The third kappa shape index (κ3) is 16.3. The van der Waals surface area contributed by atoms with Crippen molar-refractivity contribution in [1.29, 1.82) is 0 Å². The first-order chi connectivity index (χ1) is 31.4. The van der Waals surface area contributed by atoms with Gasteiger partial charge in [0.1, 0.15) is 24.4 Å². The number of unbranched alkanes of at least 4 members (excludes halogenated alkanes) is 1. The van der Waals surface area contributed by atoms with E-state index >= 15 is 0 Å². The minimum Gasteiger partial charge on any atom is -0.394 e. The van der Waals surface area contributed by atoms with Crippen LogP contribution in [0.15, 0.2) is 41.4 Å². The van der Waals surface area contributed by atoms with Crippen LogP contribution in [0.3, 0.4) is 0 Å². The number of nitrogens with two attached hydrogens (primary N) is 4. The number of guanidine groups is 1. The van der Waals surface area contributed by atoms with Gasteiger partial charge in [-0.2, -0.15) is 0 Å². The third-order valence-electron chi connectivity index (χ3n) is 11.5. The zero-order valence-corrected chi connectivity index (χ0v) is 37.7. The first-order valence-electron chi connectivity index (χ1n) is 22.1. The van der Waals surface area contributed by atoms with Crippen LogP contribution in [0.4, 0.5) is 17.3 Å². The normalized spacial score (nSPS) is 16.7. The summed E-state index contributed by atoms with van der Waals surface area (Å²) in [5.74, 6) is -1.40. The number of aliphatic hydroxyl groups excluding tert-OH is 9. The molecule has 66 heavy (non-hydrogen) atoms. The number of nitrogens with one attached hydrogen (secondary N) is 2. The Labute approximate surface area is 388 Å². The van der Waals surface area contributed by atoms with Crippen molar-refractivity contribution >= 4 is 46.7 Å². The van der Waals surface area contributed by atoms with Crippen molar-refractivity contribution in [3.63, 3.8) is 0 Å². The minimum atomic E-state index is -1.83. The number of aliphatic imine (C=N–C) groups is 1. The number of rotatable bonds is 26. The predicted octanol–water partition coefficient (Wildman–Crippen LogP) is -2.12. The summed E-state index contributed by atoms with van der Waals surface area (Å²) in [6.45, 7) is -1.24. The number of amides is 2. The van der Waals surface area contributed by atoms with Crippen LogP contribution in [0.25, 0.3) is 0 Å². The Kier molecular flexibility index (Phi) is 21.8. The maximum absolute atomic E-state index is 13.3. The zero-order valence-electron chi connectivity index (χ0n) is 36.9. The molecule has 1 aliphatic rings. The molecule has 2 aromatic carbocycles. The van der Waals surface area contributed by atoms with E-state index in [1.807, 2.05) is 12.1 Å². The fourth-order valence-corrected chi connectivity index (χ4v) is 7.97. The number of halogens is 1. The van der Waals surface area contributed by atoms with E-state index in [9.17, 15) is 45.3 Å². The monoisotopic (exact) mass is 946 g/mol. The minimum absolute atomic E-state index is 0.0901. The molecule has 0 radical (unpaired) electrons. The van der Waals surface area contributed by atoms with Crippen molar-refractivity contribution < 1.29 is 55.5 Å². The molecule has 0 saturated carbocycles. The van der Waals surface area contributed by atoms with Crippen molar-refractivity contribution in [1.82, 2.24) is 20.2 Å². The average Bonchev–Trinajstić information content (AvgIpc) is 3.29. The number of hydrogen-bond donors (Lipinski definition) is 15. The number of carbonyl (C=O) groups excluding carboxylic acids is 2. The Morgan fingerprint density at radius 1 is 0.773 bits per heavy atom. The Morgan fingerprint density at radius 3 is 2.08 bits per heavy atom. The highest BCUT2D eigenvalue weighted by atomic mass is 35.5. The van der Waals surface area contributed by atoms with Crippen LogP contribution in [-0.2, 0) is 36.9 Å². The fraction of sp³-hybridized carbons (Fsp3) is 0.568. The lowest BCUT2D eigenvalue weighted by Gasteiger charge is -2.32. The fourth-order valence-electron chi connectivity index (χ4n) is 7.84. The summed E-state index contributed by atoms with van der Waals surface area (Å²) < 4.78 is 0. The van der Waals surface area contributed by atoms with Gasteiger partial charge in [-0.25, -0.2) is 9.97 Å². The molecule has 1 aromatic heterocycles. The third-order valence-corrected chi connectivity index (χ3v) is 11.8. The molecule has 0 fully saturated rings. The molecule has 22 heteroatoms. The van der Waals surface area contributed by atoms with E-state index in [0.717, 1.165) is 49.7 Å². The molecule has 19 N–H and O–H groups in total. The molecular weight excluding hydrogens is 880 g/mol. The molecule has 21 nitrogen and oxygen atoms in total. The lowest BCUT2D eigenvalue weighted by Crippen LogP contribution is -2.51. The second-order valence-electron chi connectivity index (χ2n) is 16.7. The Balaban J connectivity index is 1.27. The van der Waals surface area contributed by atoms with E-state index in [4.69, 9.17) is 44.7 Å². The standard InChI is InChI=1S/C44H67ClN10O11/c45-39-41(48)53-40(47)36(52-39)43(66)54-44(49)50-16-4-3-7-25-12-13-26(30-9-2-1-8-29(25)30)18-31(46)42(65)51-27-14-10-24(11-15-27)6-5-17-55(20-28(58)19-32(59)34(61)22-56)21-33(60)37(63)38(64)35(62)23-57/h10-15,28,31-35,37-38,56-64H,1-9,16-23,46H2,(H,51,65)(H4,47,48,53)(H3,49,50,54,66)/t28-,31+,32+,33+,34-,35-,37-,38-/m1/s1. The van der Waals surface area contributed by atoms with Crippen LogP contribution < -0.4 is 33.6 Å². The largest absolute Gasteiger partial charge is 0.394 e. The molecule has 8 atom stereocenters. The molecule has 366 valence electrons. The van der Waals surface area contributed by atoms with Gasteiger partial charge in [-0.3, -0.25) is 24.8 Å². The number of benzene rings is 2. The summed E-state index contributed by atoms with van der Waals surface area (Å²) >= 11 is 5.86. The summed E-state index contributed by atoms with van der Waals surface area (Å²) in [6.07, 6.45) is -3.54. The quantitative estimate of drug-likeness (QED) is 0.0232. The van der Waals surface area contributed by atoms with Gasteiger partial charge in [0.05, 0.1) is 37.6 Å². The molecule has 4 rings (SSSR count). The lowest BCUT2D eigenvalue weighted by molar-refractivity contribution is -0.120. The van der Waals surface area contributed by atoms with E-state index in [0.29, 0.717) is 37.9 Å². The maximum atomic E-state index is 13.3. The number of aryl methyl sites for hydroxylation is 2. The summed E-state index contributed by atoms with van der Waals surface area (Å²) in [7, 11) is 0. The molecule has 2 amide bonds. The SMILES string of the molecule is NC(=NCCCCc1ccc(C[C@H](N)C(=O)Nc2ccc(CCCN(C[C@H](O)C[C@H](O)[C@H](O)CO)C[C@H](O)[C@@H](O)[C@H](O)[C@H](O)CO)cc2)c2c1CCCC2)NC(=O)c1nc(Cl)c(N)nc1N. The lowest BCUT2D eigenvalue weighted by atomic mass is 9.82. The van der Waals surface area contributed by atoms with Gasteiger partial charge in [0, 0.05) is 31.7 Å². The molecule has 1 aliphatic carbocycles. The van der Waals surface area contributed by atoms with Gasteiger partial charge in [-0.15, -0.1) is 0 Å². The van der Waals surface area contributed by atoms with E-state index in [-0.39, 0.29) is 60.4 Å². The Hall–Kier alpha value is -4.62. The molecule has 0 saturated heterocycles. The number of nitrogens with zero attached hydrogens (tertiary/aromatic N) is 4. The molecule has 0 spiro atoms. The van der Waals surface area contributed by atoms with Crippen molar-refractivity contribution in [3.05, 3.63) is 75.1 Å². The van der Waals surface area contributed by atoms with E-state index in [1.165, 1.54) is 16.7 Å². The van der Waals surface area contributed by atoms with Crippen molar-refractivity contribution in [3.8, 4) is 0 Å². The first kappa shape index (κ1) is 54.0. The second kappa shape index (κ2) is 26.6. The van der Waals surface area contributed by atoms with Gasteiger partial charge in [0.15, 0.2) is 28.4 Å². The Bertz CT molecular complexity index is 2050. The highest BCUT2D eigenvalue weighted by Crippen LogP contribution is 2.30. The molecule has 0 unspecified atom stereocenters. The van der Waals surface area contributed by atoms with Gasteiger partial charge in [0.25, 0.3) is 5.91 Å². The number of carbonyl (C=O) groups is 2. The van der Waals surface area contributed by atoms with Crippen LogP contribution in [0.1, 0.15) is 76.8 Å². The van der Waals surface area contributed by atoms with Gasteiger partial charge in [-0.1, -0.05) is 35.9 Å². The van der Waals surface area contributed by atoms with Crippen molar-refractivity contribution in [2.45, 2.75) is 119 Å². The highest BCUT2D eigenvalue weighted by molar-refractivity contribution is 6.31. The van der Waals surface area contributed by atoms with Crippen LogP contribution in [0, 0.1) is 0 Å². The molecule has 3 aromatic rings. The van der Waals surface area contributed by atoms with E-state index in [1.54, 1.807) is 17.0 Å². The summed E-state index contributed by atoms with van der Waals surface area (Å²) in [5, 5.41) is 94.6. The predicted molar refractivity (Wildman–Crippen MR) is 248 cm³/mol. The van der Waals surface area contributed by atoms with E-state index in [2.05, 4.69) is 37.7 Å².